The summed E-state index contributed by atoms with van der Waals surface area (Å²) in [6.45, 7) is 2.22. The lowest BCUT2D eigenvalue weighted by atomic mass is 10.1. The molecule has 7 heteroatoms. The maximum absolute atomic E-state index is 11.5. The molecule has 0 saturated carbocycles. The third-order valence-corrected chi connectivity index (χ3v) is 4.63. The SMILES string of the molecule is CCc1ccc(NC(N)=NCCS(=O)(=O)N(C)C)cc1. The molecule has 6 nitrogen and oxygen atoms in total. The molecular weight excluding hydrogens is 276 g/mol. The fraction of sp³-hybridized carbons (Fsp3) is 0.462. The summed E-state index contributed by atoms with van der Waals surface area (Å²) in [5, 5.41) is 2.93. The second kappa shape index (κ2) is 7.25. The van der Waals surface area contributed by atoms with E-state index in [0.29, 0.717) is 0 Å². The minimum atomic E-state index is -3.23. The maximum Gasteiger partial charge on any atom is 0.215 e. The van der Waals surface area contributed by atoms with Gasteiger partial charge in [-0.15, -0.1) is 0 Å². The largest absolute Gasteiger partial charge is 0.370 e. The van der Waals surface area contributed by atoms with Gasteiger partial charge in [0.1, 0.15) is 0 Å². The van der Waals surface area contributed by atoms with Crippen molar-refractivity contribution in [3.63, 3.8) is 0 Å². The van der Waals surface area contributed by atoms with Crippen LogP contribution in [0.4, 0.5) is 5.69 Å². The molecule has 0 radical (unpaired) electrons. The standard InChI is InChI=1S/C13H22N4O2S/c1-4-11-5-7-12(8-6-11)16-13(14)15-9-10-20(18,19)17(2)3/h5-8H,4,9-10H2,1-3H3,(H3,14,15,16). The van der Waals surface area contributed by atoms with Crippen LogP contribution in [0.3, 0.4) is 0 Å². The third-order valence-electron chi connectivity index (χ3n) is 2.82. The molecule has 0 aliphatic heterocycles. The molecule has 1 aromatic rings. The Morgan fingerprint density at radius 1 is 1.30 bits per heavy atom. The number of benzene rings is 1. The summed E-state index contributed by atoms with van der Waals surface area (Å²) in [4.78, 5) is 4.01. The first kappa shape index (κ1) is 16.5. The van der Waals surface area contributed by atoms with Gasteiger partial charge in [0, 0.05) is 19.8 Å². The summed E-state index contributed by atoms with van der Waals surface area (Å²) in [6, 6.07) is 7.84. The van der Waals surface area contributed by atoms with Crippen molar-refractivity contribution in [1.29, 1.82) is 0 Å². The topological polar surface area (TPSA) is 87.8 Å². The molecule has 3 N–H and O–H groups in total. The van der Waals surface area contributed by atoms with Crippen LogP contribution in [0.15, 0.2) is 29.3 Å². The number of nitrogens with zero attached hydrogens (tertiary/aromatic N) is 2. The van der Waals surface area contributed by atoms with Crippen LogP contribution < -0.4 is 11.1 Å². The van der Waals surface area contributed by atoms with E-state index in [1.54, 1.807) is 0 Å². The number of rotatable bonds is 6. The van der Waals surface area contributed by atoms with Gasteiger partial charge in [-0.05, 0) is 24.1 Å². The van der Waals surface area contributed by atoms with Crippen LogP contribution in [0, 0.1) is 0 Å². The molecule has 1 aromatic carbocycles. The van der Waals surface area contributed by atoms with Gasteiger partial charge in [0.05, 0.1) is 12.3 Å². The van der Waals surface area contributed by atoms with E-state index in [0.717, 1.165) is 12.1 Å². The van der Waals surface area contributed by atoms with Crippen molar-refractivity contribution in [2.24, 2.45) is 10.7 Å². The number of sulfonamides is 1. The van der Waals surface area contributed by atoms with Gasteiger partial charge in [0.25, 0.3) is 0 Å². The number of anilines is 1. The van der Waals surface area contributed by atoms with E-state index < -0.39 is 10.0 Å². The third kappa shape index (κ3) is 5.18. The highest BCUT2D eigenvalue weighted by atomic mass is 32.2. The van der Waals surface area contributed by atoms with Crippen LogP contribution in [-0.2, 0) is 16.4 Å². The van der Waals surface area contributed by atoms with Gasteiger partial charge in [-0.25, -0.2) is 12.7 Å². The molecule has 0 aliphatic carbocycles. The summed E-state index contributed by atoms with van der Waals surface area (Å²) in [5.41, 5.74) is 7.78. The Kier molecular flexibility index (Phi) is 5.97. The number of aryl methyl sites for hydroxylation is 1. The number of nitrogens with one attached hydrogen (secondary N) is 1. The van der Waals surface area contributed by atoms with Crippen LogP contribution in [-0.4, -0.2) is 45.1 Å². The summed E-state index contributed by atoms with van der Waals surface area (Å²) in [5.74, 6) is 0.153. The van der Waals surface area contributed by atoms with E-state index in [9.17, 15) is 8.42 Å². The normalized spacial score (nSPS) is 12.7. The van der Waals surface area contributed by atoms with E-state index in [2.05, 4.69) is 17.2 Å². The molecule has 0 atom stereocenters. The van der Waals surface area contributed by atoms with E-state index in [1.807, 2.05) is 24.3 Å². The highest BCUT2D eigenvalue weighted by Crippen LogP contribution is 2.09. The molecule has 0 unspecified atom stereocenters. The van der Waals surface area contributed by atoms with Gasteiger partial charge in [-0.2, -0.15) is 0 Å². The molecule has 0 aromatic heterocycles. The predicted molar refractivity (Wildman–Crippen MR) is 83.4 cm³/mol. The minimum Gasteiger partial charge on any atom is -0.370 e. The Hall–Kier alpha value is -1.60. The zero-order valence-electron chi connectivity index (χ0n) is 12.1. The molecule has 0 heterocycles. The van der Waals surface area contributed by atoms with Gasteiger partial charge in [-0.1, -0.05) is 19.1 Å². The Balaban J connectivity index is 2.53. The van der Waals surface area contributed by atoms with E-state index in [-0.39, 0.29) is 18.3 Å². The average molecular weight is 298 g/mol. The fourth-order valence-electron chi connectivity index (χ4n) is 1.48. The van der Waals surface area contributed by atoms with Crippen molar-refractivity contribution >= 4 is 21.7 Å². The van der Waals surface area contributed by atoms with Gasteiger partial charge in [0.15, 0.2) is 5.96 Å². The number of nitrogens with two attached hydrogens (primary N) is 1. The molecule has 0 bridgehead atoms. The Bertz CT molecular complexity index is 550. The first-order valence-corrected chi connectivity index (χ1v) is 8.02. The number of guanidine groups is 1. The van der Waals surface area contributed by atoms with Crippen molar-refractivity contribution in [2.45, 2.75) is 13.3 Å². The smallest absolute Gasteiger partial charge is 0.215 e. The van der Waals surface area contributed by atoms with Gasteiger partial charge < -0.3 is 11.1 Å². The number of hydrogen-bond acceptors (Lipinski definition) is 3. The lowest BCUT2D eigenvalue weighted by Crippen LogP contribution is -2.28. The van der Waals surface area contributed by atoms with Crippen molar-refractivity contribution < 1.29 is 8.42 Å². The minimum absolute atomic E-state index is 0.0584. The molecule has 0 fully saturated rings. The average Bonchev–Trinajstić information content (AvgIpc) is 2.39. The second-order valence-corrected chi connectivity index (χ2v) is 6.84. The van der Waals surface area contributed by atoms with Crippen LogP contribution in [0.1, 0.15) is 12.5 Å². The van der Waals surface area contributed by atoms with Crippen LogP contribution in [0.5, 0.6) is 0 Å². The highest BCUT2D eigenvalue weighted by molar-refractivity contribution is 7.89. The van der Waals surface area contributed by atoms with Gasteiger partial charge in [-0.3, -0.25) is 4.99 Å². The molecule has 112 valence electrons. The summed E-state index contributed by atoms with van der Waals surface area (Å²) in [6.07, 6.45) is 0.978. The molecular formula is C13H22N4O2S. The first-order valence-electron chi connectivity index (χ1n) is 6.41. The predicted octanol–water partition coefficient (Wildman–Crippen LogP) is 0.867. The summed E-state index contributed by atoms with van der Waals surface area (Å²) >= 11 is 0. The van der Waals surface area contributed by atoms with Gasteiger partial charge in [0.2, 0.25) is 10.0 Å². The number of hydrogen-bond donors (Lipinski definition) is 2. The first-order chi connectivity index (χ1) is 9.35. The zero-order chi connectivity index (χ0) is 15.2. The second-order valence-electron chi connectivity index (χ2n) is 4.54. The van der Waals surface area contributed by atoms with Crippen molar-refractivity contribution in [3.8, 4) is 0 Å². The van der Waals surface area contributed by atoms with E-state index in [1.165, 1.54) is 24.0 Å². The molecule has 0 spiro atoms. The van der Waals surface area contributed by atoms with Crippen LogP contribution in [0.2, 0.25) is 0 Å². The molecule has 1 rings (SSSR count). The van der Waals surface area contributed by atoms with Crippen molar-refractivity contribution in [2.75, 3.05) is 31.7 Å². The zero-order valence-corrected chi connectivity index (χ0v) is 12.9. The van der Waals surface area contributed by atoms with Crippen LogP contribution in [0.25, 0.3) is 0 Å². The summed E-state index contributed by atoms with van der Waals surface area (Å²) < 4.78 is 24.2. The fourth-order valence-corrected chi connectivity index (χ4v) is 2.16. The van der Waals surface area contributed by atoms with Crippen LogP contribution >= 0.6 is 0 Å². The van der Waals surface area contributed by atoms with Crippen molar-refractivity contribution in [3.05, 3.63) is 29.8 Å². The lowest BCUT2D eigenvalue weighted by Gasteiger charge is -2.10. The monoisotopic (exact) mass is 298 g/mol. The highest BCUT2D eigenvalue weighted by Gasteiger charge is 2.12. The lowest BCUT2D eigenvalue weighted by molar-refractivity contribution is 0.521. The Morgan fingerprint density at radius 2 is 1.90 bits per heavy atom. The van der Waals surface area contributed by atoms with E-state index >= 15 is 0 Å². The summed E-state index contributed by atoms with van der Waals surface area (Å²) in [7, 11) is -0.241. The van der Waals surface area contributed by atoms with Crippen molar-refractivity contribution in [1.82, 2.24) is 4.31 Å². The molecule has 20 heavy (non-hydrogen) atoms. The molecule has 0 saturated heterocycles. The van der Waals surface area contributed by atoms with Gasteiger partial charge >= 0.3 is 0 Å². The molecule has 0 aliphatic rings. The Morgan fingerprint density at radius 3 is 2.40 bits per heavy atom. The molecule has 0 amide bonds. The maximum atomic E-state index is 11.5. The number of aliphatic imine (C=N–C) groups is 1. The van der Waals surface area contributed by atoms with E-state index in [4.69, 9.17) is 5.73 Å². The quantitative estimate of drug-likeness (QED) is 0.602. The Labute approximate surface area is 120 Å².